The van der Waals surface area contributed by atoms with Crippen molar-refractivity contribution in [1.29, 1.82) is 0 Å². The van der Waals surface area contributed by atoms with E-state index in [-0.39, 0.29) is 6.17 Å². The van der Waals surface area contributed by atoms with Crippen molar-refractivity contribution in [3.8, 4) is 22.3 Å². The molecule has 8 aromatic rings. The molecule has 1 aliphatic carbocycles. The van der Waals surface area contributed by atoms with Gasteiger partial charge in [-0.25, -0.2) is 9.98 Å². The molecule has 1 aliphatic heterocycles. The van der Waals surface area contributed by atoms with Gasteiger partial charge < -0.3 is 9.73 Å². The number of aliphatic imine (C=N–C) groups is 2. The van der Waals surface area contributed by atoms with E-state index in [2.05, 4.69) is 164 Å². The molecule has 7 aromatic carbocycles. The van der Waals surface area contributed by atoms with Gasteiger partial charge in [0.2, 0.25) is 0 Å². The minimum Gasteiger partial charge on any atom is -0.456 e. The highest BCUT2D eigenvalue weighted by atomic mass is 16.3. The number of hydrogen-bond acceptors (Lipinski definition) is 4. The lowest BCUT2D eigenvalue weighted by Gasteiger charge is -2.34. The van der Waals surface area contributed by atoms with E-state index < -0.39 is 5.41 Å². The molecule has 0 spiro atoms. The standard InChI is InChI=1S/C53H39N3O/c1-2-18-42-43-27-13-15-32-47(43)57-48(42)33-34-49-54-51(36-19-6-3-7-20-36)56-52(55-49)38-22-16-21-37(35-38)41-29-17-31-46-50(41)44-28-12-14-30-45(44)53(46,39-23-8-4-9-24-39)40-25-10-5-11-26-40/h2-33,35,49H,1,34H2,(H,54,55,56)/b42-18-,48-33+. The second-order valence-electron chi connectivity index (χ2n) is 14.5. The fourth-order valence-corrected chi connectivity index (χ4v) is 8.80. The highest BCUT2D eigenvalue weighted by Crippen LogP contribution is 2.58. The van der Waals surface area contributed by atoms with E-state index in [1.54, 1.807) is 6.08 Å². The maximum absolute atomic E-state index is 6.32. The summed E-state index contributed by atoms with van der Waals surface area (Å²) in [4.78, 5) is 10.3. The summed E-state index contributed by atoms with van der Waals surface area (Å²) in [5.74, 6) is 1.57. The van der Waals surface area contributed by atoms with Crippen molar-refractivity contribution in [2.45, 2.75) is 18.0 Å². The van der Waals surface area contributed by atoms with Crippen LogP contribution in [0, 0.1) is 0 Å². The van der Waals surface area contributed by atoms with Gasteiger partial charge in [-0.3, -0.25) is 0 Å². The number of nitrogens with one attached hydrogen (secondary N) is 1. The molecule has 4 nitrogen and oxygen atoms in total. The summed E-state index contributed by atoms with van der Waals surface area (Å²) in [5.41, 5.74) is 13.1. The lowest BCUT2D eigenvalue weighted by Crippen LogP contribution is -2.37. The first-order valence-corrected chi connectivity index (χ1v) is 19.5. The summed E-state index contributed by atoms with van der Waals surface area (Å²) >= 11 is 0. The monoisotopic (exact) mass is 733 g/mol. The normalized spacial score (nSPS) is 16.0. The maximum atomic E-state index is 6.32. The Morgan fingerprint density at radius 2 is 1.16 bits per heavy atom. The Morgan fingerprint density at radius 1 is 0.579 bits per heavy atom. The summed E-state index contributed by atoms with van der Waals surface area (Å²) in [6.45, 7) is 3.95. The summed E-state index contributed by atoms with van der Waals surface area (Å²) in [5, 5.41) is 5.69. The van der Waals surface area contributed by atoms with Crippen LogP contribution in [0.15, 0.2) is 209 Å². The molecule has 0 saturated heterocycles. The number of allylic oxidation sites excluding steroid dienone is 1. The number of para-hydroxylation sites is 1. The average molecular weight is 734 g/mol. The number of benzene rings is 7. The van der Waals surface area contributed by atoms with Gasteiger partial charge in [0, 0.05) is 28.2 Å². The highest BCUT2D eigenvalue weighted by molar-refractivity contribution is 6.16. The molecule has 272 valence electrons. The highest BCUT2D eigenvalue weighted by Gasteiger charge is 2.46. The smallest absolute Gasteiger partial charge is 0.147 e. The van der Waals surface area contributed by atoms with Gasteiger partial charge in [0.1, 0.15) is 28.8 Å². The molecular weight excluding hydrogens is 695 g/mol. The van der Waals surface area contributed by atoms with Crippen molar-refractivity contribution in [1.82, 2.24) is 5.32 Å². The van der Waals surface area contributed by atoms with Crippen molar-refractivity contribution < 1.29 is 4.42 Å². The van der Waals surface area contributed by atoms with Crippen LogP contribution < -0.4 is 16.0 Å². The number of fused-ring (bicyclic) bond motifs is 4. The van der Waals surface area contributed by atoms with Crippen LogP contribution in [0.2, 0.25) is 0 Å². The van der Waals surface area contributed by atoms with Crippen molar-refractivity contribution in [2.75, 3.05) is 0 Å². The lowest BCUT2D eigenvalue weighted by atomic mass is 9.67. The third-order valence-corrected chi connectivity index (χ3v) is 11.2. The minimum absolute atomic E-state index is 0.366. The fourth-order valence-electron chi connectivity index (χ4n) is 8.80. The van der Waals surface area contributed by atoms with Gasteiger partial charge in [0.05, 0.1) is 5.41 Å². The molecule has 0 fully saturated rings. The summed E-state index contributed by atoms with van der Waals surface area (Å²) in [6, 6.07) is 64.7. The van der Waals surface area contributed by atoms with Crippen LogP contribution >= 0.6 is 0 Å². The quantitative estimate of drug-likeness (QED) is 0.169. The van der Waals surface area contributed by atoms with Crippen LogP contribution in [-0.4, -0.2) is 17.8 Å². The van der Waals surface area contributed by atoms with Crippen molar-refractivity contribution in [3.63, 3.8) is 0 Å². The summed E-state index contributed by atoms with van der Waals surface area (Å²) < 4.78 is 6.32. The number of rotatable bonds is 8. The maximum Gasteiger partial charge on any atom is 0.147 e. The Labute approximate surface area is 332 Å². The van der Waals surface area contributed by atoms with Gasteiger partial charge in [0.25, 0.3) is 0 Å². The average Bonchev–Trinajstić information content (AvgIpc) is 3.80. The van der Waals surface area contributed by atoms with Crippen molar-refractivity contribution >= 4 is 34.8 Å². The molecule has 0 saturated carbocycles. The van der Waals surface area contributed by atoms with E-state index in [1.165, 1.54) is 38.9 Å². The van der Waals surface area contributed by atoms with E-state index in [9.17, 15) is 0 Å². The van der Waals surface area contributed by atoms with Gasteiger partial charge in [-0.2, -0.15) is 0 Å². The molecule has 4 heteroatoms. The van der Waals surface area contributed by atoms with Gasteiger partial charge in [0.15, 0.2) is 0 Å². The van der Waals surface area contributed by atoms with Gasteiger partial charge in [-0.15, -0.1) is 0 Å². The first-order chi connectivity index (χ1) is 28.2. The fraction of sp³-hybridized carbons (Fsp3) is 0.0566. The second kappa shape index (κ2) is 14.4. The van der Waals surface area contributed by atoms with Crippen LogP contribution in [0.4, 0.5) is 0 Å². The van der Waals surface area contributed by atoms with Crippen LogP contribution in [-0.2, 0) is 5.41 Å². The van der Waals surface area contributed by atoms with E-state index in [0.29, 0.717) is 6.42 Å². The zero-order valence-corrected chi connectivity index (χ0v) is 31.3. The van der Waals surface area contributed by atoms with Crippen LogP contribution in [0.25, 0.3) is 45.4 Å². The van der Waals surface area contributed by atoms with E-state index in [0.717, 1.165) is 50.0 Å². The Kier molecular flexibility index (Phi) is 8.65. The molecule has 2 aliphatic rings. The molecular formula is C53H39N3O. The zero-order valence-electron chi connectivity index (χ0n) is 31.3. The van der Waals surface area contributed by atoms with Crippen LogP contribution in [0.3, 0.4) is 0 Å². The molecule has 10 rings (SSSR count). The van der Waals surface area contributed by atoms with E-state index in [4.69, 9.17) is 14.4 Å². The predicted octanol–water partition coefficient (Wildman–Crippen LogP) is 10.4. The Morgan fingerprint density at radius 3 is 1.91 bits per heavy atom. The molecule has 0 bridgehead atoms. The van der Waals surface area contributed by atoms with Gasteiger partial charge >= 0.3 is 0 Å². The van der Waals surface area contributed by atoms with E-state index >= 15 is 0 Å². The lowest BCUT2D eigenvalue weighted by molar-refractivity contribution is 0.571. The number of amidine groups is 2. The van der Waals surface area contributed by atoms with E-state index in [1.807, 2.05) is 42.5 Å². The zero-order chi connectivity index (χ0) is 38.2. The molecule has 1 aromatic heterocycles. The first kappa shape index (κ1) is 34.2. The Balaban J connectivity index is 1.10. The molecule has 2 heterocycles. The number of hydrogen-bond donors (Lipinski definition) is 1. The minimum atomic E-state index is -0.467. The van der Waals surface area contributed by atoms with Crippen LogP contribution in [0.5, 0.6) is 0 Å². The Bertz CT molecular complexity index is 2940. The predicted molar refractivity (Wildman–Crippen MR) is 235 cm³/mol. The first-order valence-electron chi connectivity index (χ1n) is 19.5. The third kappa shape index (κ3) is 5.85. The molecule has 0 radical (unpaired) electrons. The summed E-state index contributed by atoms with van der Waals surface area (Å²) in [6.07, 6.45) is 6.10. The van der Waals surface area contributed by atoms with Crippen molar-refractivity contribution in [3.05, 3.63) is 239 Å². The topological polar surface area (TPSA) is 49.9 Å². The van der Waals surface area contributed by atoms with Crippen molar-refractivity contribution in [2.24, 2.45) is 9.98 Å². The second-order valence-corrected chi connectivity index (χ2v) is 14.5. The van der Waals surface area contributed by atoms with Gasteiger partial charge in [-0.1, -0.05) is 189 Å². The largest absolute Gasteiger partial charge is 0.456 e. The molecule has 1 unspecified atom stereocenters. The molecule has 0 amide bonds. The summed E-state index contributed by atoms with van der Waals surface area (Å²) in [7, 11) is 0. The molecule has 1 N–H and O–H groups in total. The number of nitrogens with zero attached hydrogens (tertiary/aromatic N) is 2. The molecule has 1 atom stereocenters. The van der Waals surface area contributed by atoms with Crippen LogP contribution in [0.1, 0.15) is 39.8 Å². The third-order valence-electron chi connectivity index (χ3n) is 11.2. The number of furan rings is 1. The SMILES string of the molecule is C=C/C=c1\c(=C/CC2N=C(c3ccccc3)NC(c3cccc(-c4cccc5c4-c4ccccc4C5(c4ccccc4)c4ccccc4)c3)=N2)oc2ccccc12. The molecule has 57 heavy (non-hydrogen) atoms. The van der Waals surface area contributed by atoms with Gasteiger partial charge in [-0.05, 0) is 62.7 Å². The Hall–Kier alpha value is -7.30.